The SMILES string of the molecule is COc1cc(N=[N+]=[N-])c(C#N)cc1Br. The van der Waals surface area contributed by atoms with Gasteiger partial charge in [-0.3, -0.25) is 0 Å². The molecule has 0 saturated carbocycles. The van der Waals surface area contributed by atoms with Gasteiger partial charge in [0.1, 0.15) is 5.75 Å². The highest BCUT2D eigenvalue weighted by Gasteiger charge is 2.06. The van der Waals surface area contributed by atoms with Crippen molar-refractivity contribution in [2.75, 3.05) is 7.11 Å². The summed E-state index contributed by atoms with van der Waals surface area (Å²) in [6.07, 6.45) is 0. The van der Waals surface area contributed by atoms with E-state index in [0.717, 1.165) is 0 Å². The minimum absolute atomic E-state index is 0.259. The van der Waals surface area contributed by atoms with Crippen molar-refractivity contribution in [3.63, 3.8) is 0 Å². The zero-order valence-corrected chi connectivity index (χ0v) is 8.82. The molecule has 0 bridgehead atoms. The van der Waals surface area contributed by atoms with Crippen molar-refractivity contribution in [2.24, 2.45) is 5.11 Å². The van der Waals surface area contributed by atoms with Crippen LogP contribution in [-0.2, 0) is 0 Å². The molecule has 0 unspecified atom stereocenters. The van der Waals surface area contributed by atoms with Gasteiger partial charge < -0.3 is 4.74 Å². The van der Waals surface area contributed by atoms with Gasteiger partial charge in [0.15, 0.2) is 0 Å². The van der Waals surface area contributed by atoms with Crippen molar-refractivity contribution in [1.82, 2.24) is 0 Å². The molecule has 0 aliphatic heterocycles. The van der Waals surface area contributed by atoms with Crippen molar-refractivity contribution in [3.8, 4) is 11.8 Å². The van der Waals surface area contributed by atoms with Crippen molar-refractivity contribution in [3.05, 3.63) is 32.6 Å². The Morgan fingerprint density at radius 1 is 1.64 bits per heavy atom. The van der Waals surface area contributed by atoms with Gasteiger partial charge in [0.2, 0.25) is 0 Å². The fourth-order valence-electron chi connectivity index (χ4n) is 0.920. The molecule has 0 aliphatic rings. The van der Waals surface area contributed by atoms with Gasteiger partial charge in [-0.2, -0.15) is 5.26 Å². The standard InChI is InChI=1S/C8H5BrN4O/c1-14-8-3-7(12-13-11)5(4-10)2-6(8)9/h2-3H,1H3. The van der Waals surface area contributed by atoms with Crippen LogP contribution in [0.25, 0.3) is 10.4 Å². The van der Waals surface area contributed by atoms with Crippen LogP contribution in [-0.4, -0.2) is 7.11 Å². The molecule has 1 rings (SSSR count). The predicted octanol–water partition coefficient (Wildman–Crippen LogP) is 3.27. The summed E-state index contributed by atoms with van der Waals surface area (Å²) in [4.78, 5) is 2.62. The quantitative estimate of drug-likeness (QED) is 0.460. The van der Waals surface area contributed by atoms with Gasteiger partial charge in [0.25, 0.3) is 0 Å². The number of halogens is 1. The number of hydrogen-bond donors (Lipinski definition) is 0. The molecule has 6 heteroatoms. The third-order valence-electron chi connectivity index (χ3n) is 1.54. The fourth-order valence-corrected chi connectivity index (χ4v) is 1.42. The minimum Gasteiger partial charge on any atom is -0.496 e. The fraction of sp³-hybridized carbons (Fsp3) is 0.125. The smallest absolute Gasteiger partial charge is 0.133 e. The molecule has 0 saturated heterocycles. The highest BCUT2D eigenvalue weighted by molar-refractivity contribution is 9.10. The molecule has 0 atom stereocenters. The molecule has 0 fully saturated rings. The first-order chi connectivity index (χ1) is 6.72. The highest BCUT2D eigenvalue weighted by Crippen LogP contribution is 2.32. The van der Waals surface area contributed by atoms with E-state index in [-0.39, 0.29) is 5.69 Å². The first-order valence-corrected chi connectivity index (χ1v) is 4.35. The maximum atomic E-state index is 8.74. The third kappa shape index (κ3) is 1.96. The second kappa shape index (κ2) is 4.51. The summed E-state index contributed by atoms with van der Waals surface area (Å²) in [6.45, 7) is 0. The lowest BCUT2D eigenvalue weighted by Gasteiger charge is -2.04. The van der Waals surface area contributed by atoms with Crippen LogP contribution in [0.3, 0.4) is 0 Å². The molecule has 0 heterocycles. The lowest BCUT2D eigenvalue weighted by molar-refractivity contribution is 0.412. The summed E-state index contributed by atoms with van der Waals surface area (Å²) in [5.74, 6) is 0.520. The van der Waals surface area contributed by atoms with Crippen LogP contribution in [0.5, 0.6) is 5.75 Å². The van der Waals surface area contributed by atoms with Gasteiger partial charge in [-0.25, -0.2) is 0 Å². The number of hydrogen-bond acceptors (Lipinski definition) is 3. The predicted molar refractivity (Wildman–Crippen MR) is 54.2 cm³/mol. The molecule has 0 radical (unpaired) electrons. The summed E-state index contributed by atoms with van der Waals surface area (Å²) < 4.78 is 5.64. The van der Waals surface area contributed by atoms with Crippen molar-refractivity contribution >= 4 is 21.6 Å². The third-order valence-corrected chi connectivity index (χ3v) is 2.16. The van der Waals surface area contributed by atoms with E-state index in [1.54, 1.807) is 6.07 Å². The van der Waals surface area contributed by atoms with Crippen LogP contribution in [0.4, 0.5) is 5.69 Å². The van der Waals surface area contributed by atoms with Gasteiger partial charge in [0.05, 0.1) is 28.9 Å². The summed E-state index contributed by atoms with van der Waals surface area (Å²) in [6, 6.07) is 4.97. The Labute approximate surface area is 88.7 Å². The van der Waals surface area contributed by atoms with E-state index in [1.807, 2.05) is 6.07 Å². The molecule has 5 nitrogen and oxygen atoms in total. The number of ether oxygens (including phenoxy) is 1. The topological polar surface area (TPSA) is 81.8 Å². The van der Waals surface area contributed by atoms with Crippen LogP contribution < -0.4 is 4.74 Å². The summed E-state index contributed by atoms with van der Waals surface area (Å²) in [5, 5.41) is 12.1. The van der Waals surface area contributed by atoms with Crippen LogP contribution >= 0.6 is 15.9 Å². The molecule has 70 valence electrons. The van der Waals surface area contributed by atoms with Crippen LogP contribution in [0.1, 0.15) is 5.56 Å². The second-order valence-electron chi connectivity index (χ2n) is 2.31. The number of benzene rings is 1. The van der Waals surface area contributed by atoms with Gasteiger partial charge in [-0.05, 0) is 33.6 Å². The normalized spacial score (nSPS) is 8.64. The van der Waals surface area contributed by atoms with E-state index in [4.69, 9.17) is 15.5 Å². The summed E-state index contributed by atoms with van der Waals surface area (Å²) >= 11 is 3.22. The minimum atomic E-state index is 0.259. The first-order valence-electron chi connectivity index (χ1n) is 3.55. The van der Waals surface area contributed by atoms with E-state index in [0.29, 0.717) is 15.8 Å². The van der Waals surface area contributed by atoms with Crippen LogP contribution in [0.15, 0.2) is 21.7 Å². The first kappa shape index (κ1) is 10.4. The Kier molecular flexibility index (Phi) is 3.35. The average molecular weight is 253 g/mol. The maximum absolute atomic E-state index is 8.74. The summed E-state index contributed by atoms with van der Waals surface area (Å²) in [7, 11) is 1.49. The number of rotatable bonds is 2. The van der Waals surface area contributed by atoms with E-state index < -0.39 is 0 Å². The van der Waals surface area contributed by atoms with Crippen LogP contribution in [0, 0.1) is 11.3 Å². The lowest BCUT2D eigenvalue weighted by atomic mass is 10.2. The average Bonchev–Trinajstić information content (AvgIpc) is 2.20. The Bertz CT molecular complexity index is 445. The molecule has 0 aliphatic carbocycles. The molecule has 0 amide bonds. The molecular formula is C8H5BrN4O. The zero-order valence-electron chi connectivity index (χ0n) is 7.23. The van der Waals surface area contributed by atoms with Gasteiger partial charge in [-0.1, -0.05) is 5.11 Å². The van der Waals surface area contributed by atoms with Crippen molar-refractivity contribution < 1.29 is 4.74 Å². The molecular weight excluding hydrogens is 248 g/mol. The Balaban J connectivity index is 3.41. The van der Waals surface area contributed by atoms with E-state index in [9.17, 15) is 0 Å². The van der Waals surface area contributed by atoms with E-state index in [2.05, 4.69) is 26.0 Å². The summed E-state index contributed by atoms with van der Waals surface area (Å²) in [5.41, 5.74) is 8.83. The number of nitriles is 1. The molecule has 14 heavy (non-hydrogen) atoms. The van der Waals surface area contributed by atoms with Crippen molar-refractivity contribution in [2.45, 2.75) is 0 Å². The molecule has 0 aromatic heterocycles. The van der Waals surface area contributed by atoms with E-state index >= 15 is 0 Å². The lowest BCUT2D eigenvalue weighted by Crippen LogP contribution is -1.85. The molecule has 0 N–H and O–H groups in total. The van der Waals surface area contributed by atoms with E-state index in [1.165, 1.54) is 13.2 Å². The van der Waals surface area contributed by atoms with Gasteiger partial charge in [0, 0.05) is 4.91 Å². The van der Waals surface area contributed by atoms with Gasteiger partial charge >= 0.3 is 0 Å². The largest absolute Gasteiger partial charge is 0.496 e. The molecule has 0 spiro atoms. The monoisotopic (exact) mass is 252 g/mol. The Hall–Kier alpha value is -1.70. The number of methoxy groups -OCH3 is 1. The Morgan fingerprint density at radius 3 is 2.86 bits per heavy atom. The maximum Gasteiger partial charge on any atom is 0.133 e. The van der Waals surface area contributed by atoms with Crippen LogP contribution in [0.2, 0.25) is 0 Å². The zero-order chi connectivity index (χ0) is 10.6. The number of nitrogens with zero attached hydrogens (tertiary/aromatic N) is 4. The highest BCUT2D eigenvalue weighted by atomic mass is 79.9. The van der Waals surface area contributed by atoms with Gasteiger partial charge in [-0.15, -0.1) is 0 Å². The number of azide groups is 1. The molecule has 1 aromatic rings. The Morgan fingerprint density at radius 2 is 2.36 bits per heavy atom. The van der Waals surface area contributed by atoms with Crippen molar-refractivity contribution in [1.29, 1.82) is 5.26 Å². The second-order valence-corrected chi connectivity index (χ2v) is 3.16. The molecule has 1 aromatic carbocycles.